The van der Waals surface area contributed by atoms with E-state index in [2.05, 4.69) is 212 Å². The largest absolute Gasteiger partial charge is 0.455 e. The predicted molar refractivity (Wildman–Crippen MR) is 251 cm³/mol. The maximum absolute atomic E-state index is 6.38. The molecule has 0 unspecified atom stereocenters. The van der Waals surface area contributed by atoms with Crippen molar-refractivity contribution in [3.8, 4) is 55.6 Å². The fourth-order valence-corrected chi connectivity index (χ4v) is 9.73. The summed E-state index contributed by atoms with van der Waals surface area (Å²) in [4.78, 5) is 0. The number of halogens is 1. The highest BCUT2D eigenvalue weighted by Gasteiger charge is 2.19. The molecule has 0 atom stereocenters. The molecule has 11 rings (SSSR count). The topological polar surface area (TPSA) is 13.1 Å². The van der Waals surface area contributed by atoms with Crippen LogP contribution in [-0.4, -0.2) is 0 Å². The summed E-state index contributed by atoms with van der Waals surface area (Å²) in [5, 5.41) is 9.84. The number of rotatable bonds is 5. The molecule has 1 nitrogen and oxygen atoms in total. The van der Waals surface area contributed by atoms with E-state index in [-0.39, 0.29) is 0 Å². The molecule has 57 heavy (non-hydrogen) atoms. The Morgan fingerprint density at radius 3 is 1.63 bits per heavy atom. The van der Waals surface area contributed by atoms with E-state index in [0.29, 0.717) is 0 Å². The van der Waals surface area contributed by atoms with Crippen molar-refractivity contribution < 1.29 is 4.42 Å². The van der Waals surface area contributed by atoms with Crippen LogP contribution in [0.3, 0.4) is 0 Å². The van der Waals surface area contributed by atoms with Gasteiger partial charge in [0.2, 0.25) is 0 Å². The third kappa shape index (κ3) is 5.66. The summed E-state index contributed by atoms with van der Waals surface area (Å²) in [5.41, 5.74) is 15.3. The fourth-order valence-electron chi connectivity index (χ4n) is 8.86. The molecule has 1 aromatic heterocycles. The fraction of sp³-hybridized carbons (Fsp3) is 0.0182. The van der Waals surface area contributed by atoms with Crippen LogP contribution >= 0.6 is 22.6 Å². The summed E-state index contributed by atoms with van der Waals surface area (Å²) in [5.74, 6) is 0. The molecule has 0 spiro atoms. The van der Waals surface area contributed by atoms with E-state index in [0.717, 1.165) is 25.5 Å². The average Bonchev–Trinajstić information content (AvgIpc) is 3.66. The number of para-hydroxylation sites is 1. The van der Waals surface area contributed by atoms with Gasteiger partial charge < -0.3 is 4.42 Å². The van der Waals surface area contributed by atoms with E-state index < -0.39 is 0 Å². The lowest BCUT2D eigenvalue weighted by molar-refractivity contribution is 0.667. The molecule has 0 bridgehead atoms. The van der Waals surface area contributed by atoms with Crippen LogP contribution in [0.4, 0.5) is 0 Å². The second-order valence-corrected chi connectivity index (χ2v) is 16.1. The average molecular weight is 839 g/mol. The number of hydrogen-bond acceptors (Lipinski definition) is 1. The number of hydrogen-bond donors (Lipinski definition) is 0. The molecule has 0 saturated carbocycles. The third-order valence-electron chi connectivity index (χ3n) is 11.7. The highest BCUT2D eigenvalue weighted by molar-refractivity contribution is 14.1. The van der Waals surface area contributed by atoms with Gasteiger partial charge in [-0.05, 0) is 153 Å². The van der Waals surface area contributed by atoms with E-state index in [1.54, 1.807) is 0 Å². The van der Waals surface area contributed by atoms with Crippen molar-refractivity contribution >= 4 is 76.8 Å². The molecule has 10 aromatic carbocycles. The van der Waals surface area contributed by atoms with Crippen molar-refractivity contribution in [2.45, 2.75) is 6.92 Å². The molecule has 0 amide bonds. The second-order valence-electron chi connectivity index (χ2n) is 15.0. The third-order valence-corrected chi connectivity index (χ3v) is 12.8. The molecule has 0 saturated heterocycles. The summed E-state index contributed by atoms with van der Waals surface area (Å²) in [6.45, 7) is 2.20. The molecule has 0 N–H and O–H groups in total. The first kappa shape index (κ1) is 33.8. The Balaban J connectivity index is 1.00. The van der Waals surface area contributed by atoms with Gasteiger partial charge in [0, 0.05) is 10.8 Å². The second kappa shape index (κ2) is 13.6. The summed E-state index contributed by atoms with van der Waals surface area (Å²) in [6, 6.07) is 70.9. The van der Waals surface area contributed by atoms with E-state index in [1.165, 1.54) is 93.5 Å². The number of fused-ring (bicyclic) bond motifs is 6. The lowest BCUT2D eigenvalue weighted by Gasteiger charge is -2.18. The Bertz CT molecular complexity index is 3310. The van der Waals surface area contributed by atoms with E-state index in [9.17, 15) is 0 Å². The van der Waals surface area contributed by atoms with Crippen molar-refractivity contribution in [3.63, 3.8) is 0 Å². The van der Waals surface area contributed by atoms with Gasteiger partial charge in [-0.25, -0.2) is 0 Å². The Kier molecular flexibility index (Phi) is 8.08. The van der Waals surface area contributed by atoms with Crippen molar-refractivity contribution in [3.05, 3.63) is 203 Å². The van der Waals surface area contributed by atoms with Crippen molar-refractivity contribution in [2.24, 2.45) is 0 Å². The smallest absolute Gasteiger partial charge is 0.149 e. The van der Waals surface area contributed by atoms with Gasteiger partial charge in [0.15, 0.2) is 0 Å². The highest BCUT2D eigenvalue weighted by Crippen LogP contribution is 2.45. The van der Waals surface area contributed by atoms with E-state index in [4.69, 9.17) is 4.42 Å². The van der Waals surface area contributed by atoms with E-state index in [1.807, 2.05) is 12.1 Å². The van der Waals surface area contributed by atoms with Crippen LogP contribution in [0, 0.1) is 10.5 Å². The number of benzene rings is 10. The highest BCUT2D eigenvalue weighted by atomic mass is 127. The van der Waals surface area contributed by atoms with Gasteiger partial charge in [-0.3, -0.25) is 0 Å². The molecule has 1 heterocycles. The van der Waals surface area contributed by atoms with Gasteiger partial charge in [-0.15, -0.1) is 0 Å². The molecule has 11 aromatic rings. The monoisotopic (exact) mass is 838 g/mol. The van der Waals surface area contributed by atoms with Crippen LogP contribution in [0.25, 0.3) is 110 Å². The zero-order chi connectivity index (χ0) is 38.0. The van der Waals surface area contributed by atoms with Gasteiger partial charge in [0.05, 0.1) is 3.57 Å². The maximum Gasteiger partial charge on any atom is 0.149 e. The zero-order valence-corrected chi connectivity index (χ0v) is 33.4. The van der Waals surface area contributed by atoms with Gasteiger partial charge in [0.25, 0.3) is 0 Å². The molecule has 0 aliphatic carbocycles. The van der Waals surface area contributed by atoms with Crippen LogP contribution in [-0.2, 0) is 0 Å². The quantitative estimate of drug-likeness (QED) is 0.124. The van der Waals surface area contributed by atoms with Crippen LogP contribution in [0.2, 0.25) is 0 Å². The summed E-state index contributed by atoms with van der Waals surface area (Å²) in [6.07, 6.45) is 0. The summed E-state index contributed by atoms with van der Waals surface area (Å²) < 4.78 is 7.52. The zero-order valence-electron chi connectivity index (χ0n) is 31.3. The Labute approximate surface area is 345 Å². The maximum atomic E-state index is 6.38. The van der Waals surface area contributed by atoms with Crippen LogP contribution in [0.5, 0.6) is 0 Å². The van der Waals surface area contributed by atoms with Crippen molar-refractivity contribution in [2.75, 3.05) is 0 Å². The first-order chi connectivity index (χ1) is 28.1. The molecule has 0 aliphatic rings. The van der Waals surface area contributed by atoms with Crippen LogP contribution in [0.15, 0.2) is 199 Å². The number of aryl methyl sites for hydroxylation is 1. The molecule has 268 valence electrons. The van der Waals surface area contributed by atoms with Gasteiger partial charge in [-0.2, -0.15) is 0 Å². The SMILES string of the molecule is Cc1ccc(-c2ccc(-c3c4ccccc4c(-c4cccc(-c5ccc6ccccc6c5)c4)c4ccccc34)cc2)cc1-c1ccc2c(oc3ccccc32)c1I. The van der Waals surface area contributed by atoms with Crippen molar-refractivity contribution in [1.29, 1.82) is 0 Å². The first-order valence-electron chi connectivity index (χ1n) is 19.4. The molecular formula is C55H35IO. The van der Waals surface area contributed by atoms with E-state index >= 15 is 0 Å². The molecule has 0 radical (unpaired) electrons. The minimum atomic E-state index is 0.925. The lowest BCUT2D eigenvalue weighted by atomic mass is 9.85. The van der Waals surface area contributed by atoms with Gasteiger partial charge >= 0.3 is 0 Å². The van der Waals surface area contributed by atoms with Gasteiger partial charge in [-0.1, -0.05) is 164 Å². The predicted octanol–water partition coefficient (Wildman–Crippen LogP) is 16.3. The summed E-state index contributed by atoms with van der Waals surface area (Å²) in [7, 11) is 0. The summed E-state index contributed by atoms with van der Waals surface area (Å²) >= 11 is 2.46. The van der Waals surface area contributed by atoms with Gasteiger partial charge in [0.1, 0.15) is 11.2 Å². The Morgan fingerprint density at radius 1 is 0.351 bits per heavy atom. The Morgan fingerprint density at radius 2 is 0.895 bits per heavy atom. The Hall–Kier alpha value is -6.49. The minimum absolute atomic E-state index is 0.925. The molecular weight excluding hydrogens is 804 g/mol. The van der Waals surface area contributed by atoms with Crippen LogP contribution < -0.4 is 0 Å². The number of furan rings is 1. The molecule has 0 fully saturated rings. The lowest BCUT2D eigenvalue weighted by Crippen LogP contribution is -1.92. The van der Waals surface area contributed by atoms with Crippen LogP contribution in [0.1, 0.15) is 5.56 Å². The first-order valence-corrected chi connectivity index (χ1v) is 20.5. The molecule has 2 heteroatoms. The normalized spacial score (nSPS) is 11.7. The standard InChI is InChI=1S/C55H35IO/c1-34-21-22-41(33-50(34)48-29-30-49-43-15-8-9-20-51(43)57-55(49)54(48)56)36-23-26-37(27-24-36)52-44-16-4-6-18-46(44)53(47-19-7-5-17-45(47)52)42-14-10-13-39(32-42)40-28-25-35-11-2-3-12-38(35)31-40/h2-33H,1H3. The minimum Gasteiger partial charge on any atom is -0.455 e. The molecule has 0 aliphatic heterocycles. The van der Waals surface area contributed by atoms with Crippen molar-refractivity contribution in [1.82, 2.24) is 0 Å².